The molecule has 598 valence electrons. The Labute approximate surface area is 632 Å². The normalized spacial score (nSPS) is 14.5. The summed E-state index contributed by atoms with van der Waals surface area (Å²) in [5.74, 6) is -2.28. The van der Waals surface area contributed by atoms with E-state index in [1.807, 2.05) is 18.2 Å². The molecule has 0 aromatic carbocycles. The zero-order chi connectivity index (χ0) is 76.0. The fraction of sp³-hybridized carbons (Fsp3) is 0.718. The van der Waals surface area contributed by atoms with E-state index in [4.69, 9.17) is 37.0 Å². The van der Waals surface area contributed by atoms with Crippen molar-refractivity contribution in [1.82, 2.24) is 0 Å². The van der Waals surface area contributed by atoms with Crippen LogP contribution in [-0.2, 0) is 65.4 Å². The van der Waals surface area contributed by atoms with Gasteiger partial charge in [-0.25, -0.2) is 9.13 Å². The number of esters is 4. The van der Waals surface area contributed by atoms with Crippen molar-refractivity contribution >= 4 is 39.5 Å². The third kappa shape index (κ3) is 75.7. The highest BCUT2D eigenvalue weighted by atomic mass is 31.2. The van der Waals surface area contributed by atoms with Crippen molar-refractivity contribution in [2.75, 3.05) is 39.6 Å². The molecule has 0 aromatic rings. The average Bonchev–Trinajstić information content (AvgIpc) is 0.939. The molecule has 0 fully saturated rings. The molecule has 104 heavy (non-hydrogen) atoms. The predicted octanol–water partition coefficient (Wildman–Crippen LogP) is 23.9. The van der Waals surface area contributed by atoms with E-state index in [1.165, 1.54) is 89.9 Å². The van der Waals surface area contributed by atoms with E-state index < -0.39 is 97.5 Å². The van der Waals surface area contributed by atoms with E-state index in [-0.39, 0.29) is 25.7 Å². The van der Waals surface area contributed by atoms with Crippen LogP contribution in [0.2, 0.25) is 0 Å². The third-order valence-corrected chi connectivity index (χ3v) is 18.8. The number of carbonyl (C=O) groups excluding carboxylic acids is 4. The smallest absolute Gasteiger partial charge is 0.462 e. The summed E-state index contributed by atoms with van der Waals surface area (Å²) in [5, 5.41) is 10.6. The van der Waals surface area contributed by atoms with Gasteiger partial charge >= 0.3 is 39.5 Å². The number of ether oxygens (including phenoxy) is 4. The summed E-state index contributed by atoms with van der Waals surface area (Å²) in [6.45, 7) is 4.57. The predicted molar refractivity (Wildman–Crippen MR) is 427 cm³/mol. The molecule has 0 radical (unpaired) electrons. The van der Waals surface area contributed by atoms with Gasteiger partial charge in [-0.15, -0.1) is 0 Å². The van der Waals surface area contributed by atoms with E-state index in [0.717, 1.165) is 161 Å². The Morgan fingerprint density at radius 3 is 0.846 bits per heavy atom. The molecule has 17 nitrogen and oxygen atoms in total. The maximum Gasteiger partial charge on any atom is 0.472 e. The Morgan fingerprint density at radius 2 is 0.519 bits per heavy atom. The zero-order valence-electron chi connectivity index (χ0n) is 65.4. The minimum Gasteiger partial charge on any atom is -0.462 e. The van der Waals surface area contributed by atoms with Gasteiger partial charge in [0.25, 0.3) is 0 Å². The van der Waals surface area contributed by atoms with Gasteiger partial charge in [0.2, 0.25) is 0 Å². The Balaban J connectivity index is 5.40. The monoisotopic (exact) mass is 1500 g/mol. The molecule has 0 bridgehead atoms. The van der Waals surface area contributed by atoms with Crippen LogP contribution in [0.15, 0.2) is 122 Å². The van der Waals surface area contributed by atoms with Crippen molar-refractivity contribution in [3.63, 3.8) is 0 Å². The van der Waals surface area contributed by atoms with Crippen molar-refractivity contribution in [3.05, 3.63) is 122 Å². The number of allylic oxidation sites excluding steroid dienone is 20. The summed E-state index contributed by atoms with van der Waals surface area (Å²) in [4.78, 5) is 73.0. The summed E-state index contributed by atoms with van der Waals surface area (Å²) in [7, 11) is -9.98. The highest BCUT2D eigenvalue weighted by Gasteiger charge is 2.30. The number of unbranched alkanes of at least 4 members (excludes halogenated alkanes) is 30. The number of phosphoric acid groups is 2. The van der Waals surface area contributed by atoms with Crippen LogP contribution in [0.3, 0.4) is 0 Å². The Hall–Kier alpha value is -4.54. The number of rotatable bonds is 76. The van der Waals surface area contributed by atoms with Crippen LogP contribution in [0.1, 0.15) is 336 Å². The van der Waals surface area contributed by atoms with Crippen molar-refractivity contribution in [2.45, 2.75) is 354 Å². The second-order valence-corrected chi connectivity index (χ2v) is 29.9. The van der Waals surface area contributed by atoms with Gasteiger partial charge < -0.3 is 33.8 Å². The van der Waals surface area contributed by atoms with Crippen molar-refractivity contribution in [3.8, 4) is 0 Å². The van der Waals surface area contributed by atoms with Crippen molar-refractivity contribution < 1.29 is 80.2 Å². The van der Waals surface area contributed by atoms with Gasteiger partial charge in [0.15, 0.2) is 12.2 Å². The van der Waals surface area contributed by atoms with Crippen LogP contribution in [0.5, 0.6) is 0 Å². The van der Waals surface area contributed by atoms with Crippen LogP contribution < -0.4 is 0 Å². The molecule has 0 aromatic heterocycles. The van der Waals surface area contributed by atoms with Crippen LogP contribution in [0.4, 0.5) is 0 Å². The maximum atomic E-state index is 13.1. The number of carbonyl (C=O) groups is 4. The first-order valence-electron chi connectivity index (χ1n) is 40.8. The second kappa shape index (κ2) is 76.6. The average molecular weight is 1500 g/mol. The first kappa shape index (κ1) is 99.5. The van der Waals surface area contributed by atoms with Gasteiger partial charge in [0, 0.05) is 25.7 Å². The summed E-state index contributed by atoms with van der Waals surface area (Å²) in [6, 6.07) is 0. The Morgan fingerprint density at radius 1 is 0.279 bits per heavy atom. The molecular formula is C85H146O17P2. The molecule has 0 aliphatic heterocycles. The van der Waals surface area contributed by atoms with Gasteiger partial charge in [0.1, 0.15) is 19.3 Å². The maximum absolute atomic E-state index is 13.1. The Bertz CT molecular complexity index is 2440. The summed E-state index contributed by atoms with van der Waals surface area (Å²) >= 11 is 0. The number of aliphatic hydroxyl groups excluding tert-OH is 1. The molecule has 3 N–H and O–H groups in total. The lowest BCUT2D eigenvalue weighted by Gasteiger charge is -2.21. The molecule has 5 unspecified atom stereocenters. The van der Waals surface area contributed by atoms with E-state index >= 15 is 0 Å². The molecule has 0 saturated heterocycles. The van der Waals surface area contributed by atoms with Gasteiger partial charge in [-0.2, -0.15) is 0 Å². The van der Waals surface area contributed by atoms with Crippen LogP contribution in [0, 0.1) is 0 Å². The molecule has 0 heterocycles. The van der Waals surface area contributed by atoms with E-state index in [0.29, 0.717) is 32.1 Å². The third-order valence-electron chi connectivity index (χ3n) is 16.9. The number of hydrogen-bond acceptors (Lipinski definition) is 15. The topological polar surface area (TPSA) is 237 Å². The summed E-state index contributed by atoms with van der Waals surface area (Å²) in [5.41, 5.74) is 0. The number of phosphoric ester groups is 2. The fourth-order valence-corrected chi connectivity index (χ4v) is 12.4. The number of hydrogen-bond donors (Lipinski definition) is 3. The standard InChI is InChI=1S/C85H146O17P2/c1-5-9-13-17-21-25-29-33-36-38-39-41-44-47-50-54-58-62-66-70-83(88)95-75-80(101-84(89)71-67-63-59-55-51-45-32-28-24-20-16-12-8-4)77-99-103(91,92)97-73-79(86)74-98-104(93,94)100-78-81(102-85(90)72-68-64-60-56-52-48-42-35-31-27-23-19-15-11-7-3)76-96-82(87)69-65-61-57-53-49-46-43-40-37-34-30-26-22-18-14-10-6-2/h9-10,13-14,21-22,25-26,28,32-34,36-37,39,41,47,50,58,62,79-81,86H,5-8,11-12,15-20,23-24,27,29-31,35,38,40,42-46,48-49,51-57,59-61,63-78H2,1-4H3,(H,91,92)(H,93,94)/b13-9-,14-10-,25-21-,26-22-,32-28-,36-33-,37-34-,41-39-,50-47-,62-58-. The molecule has 19 heteroatoms. The quantitative estimate of drug-likeness (QED) is 0.0169. The largest absolute Gasteiger partial charge is 0.472 e. The first-order chi connectivity index (χ1) is 50.7. The summed E-state index contributed by atoms with van der Waals surface area (Å²) < 4.78 is 68.6. The molecule has 0 aliphatic carbocycles. The minimum absolute atomic E-state index is 0.0335. The molecule has 0 saturated carbocycles. The summed E-state index contributed by atoms with van der Waals surface area (Å²) in [6.07, 6.45) is 84.7. The lowest BCUT2D eigenvalue weighted by atomic mass is 10.0. The van der Waals surface area contributed by atoms with E-state index in [9.17, 15) is 43.2 Å². The highest BCUT2D eigenvalue weighted by molar-refractivity contribution is 7.47. The zero-order valence-corrected chi connectivity index (χ0v) is 67.2. The molecule has 0 spiro atoms. The lowest BCUT2D eigenvalue weighted by Crippen LogP contribution is -2.30. The van der Waals surface area contributed by atoms with Crippen molar-refractivity contribution in [2.24, 2.45) is 0 Å². The highest BCUT2D eigenvalue weighted by Crippen LogP contribution is 2.45. The molecule has 0 rings (SSSR count). The molecule has 5 atom stereocenters. The molecule has 0 aliphatic rings. The van der Waals surface area contributed by atoms with Gasteiger partial charge in [-0.05, 0) is 122 Å². The number of aliphatic hydroxyl groups is 1. The van der Waals surface area contributed by atoms with Gasteiger partial charge in [-0.3, -0.25) is 37.3 Å². The first-order valence-corrected chi connectivity index (χ1v) is 43.8. The van der Waals surface area contributed by atoms with Gasteiger partial charge in [-0.1, -0.05) is 310 Å². The second-order valence-electron chi connectivity index (χ2n) is 27.0. The van der Waals surface area contributed by atoms with E-state index in [1.54, 1.807) is 0 Å². The Kier molecular flexibility index (Phi) is 73.3. The fourth-order valence-electron chi connectivity index (χ4n) is 10.8. The molecular weight excluding hydrogens is 1350 g/mol. The minimum atomic E-state index is -5.00. The van der Waals surface area contributed by atoms with Crippen molar-refractivity contribution in [1.29, 1.82) is 0 Å². The van der Waals surface area contributed by atoms with Gasteiger partial charge in [0.05, 0.1) is 26.4 Å². The van der Waals surface area contributed by atoms with Crippen LogP contribution in [-0.4, -0.2) is 96.7 Å². The molecule has 0 amide bonds. The SMILES string of the molecule is CC/C=C\C/C=C\C/C=C\C/C=C\C/C=C\C/C=C\CCC(=O)OCC(COP(=O)(O)OCC(O)COP(=O)(O)OCC(COC(=O)CCCCCCCCC/C=C\C/C=C\C/C=C\CC)OC(=O)CCCCCCCCCCCCCCCCC)OC(=O)CCCCCCC/C=C\CCCCCC. The van der Waals surface area contributed by atoms with Crippen LogP contribution in [0.25, 0.3) is 0 Å². The lowest BCUT2D eigenvalue weighted by molar-refractivity contribution is -0.161. The van der Waals surface area contributed by atoms with Crippen LogP contribution >= 0.6 is 15.6 Å². The van der Waals surface area contributed by atoms with E-state index in [2.05, 4.69) is 131 Å².